The van der Waals surface area contributed by atoms with Crippen molar-refractivity contribution in [3.05, 3.63) is 0 Å². The van der Waals surface area contributed by atoms with Gasteiger partial charge in [0.05, 0.1) is 18.0 Å². The van der Waals surface area contributed by atoms with Crippen LogP contribution in [-0.2, 0) is 14.9 Å². The smallest absolute Gasteiger partial charge is 0.266 e. The molecule has 4 saturated carbocycles. The molecule has 0 saturated heterocycles. The van der Waals surface area contributed by atoms with Gasteiger partial charge in [-0.2, -0.15) is 8.42 Å². The number of rotatable bonds is 8. The minimum Gasteiger partial charge on any atom is -0.393 e. The van der Waals surface area contributed by atoms with Gasteiger partial charge in [-0.3, -0.25) is 9.35 Å². The van der Waals surface area contributed by atoms with Crippen LogP contribution in [0.4, 0.5) is 0 Å². The summed E-state index contributed by atoms with van der Waals surface area (Å²) in [6, 6.07) is 0. The number of carbonyl (C=O) groups excluding carboxylic acids is 1. The van der Waals surface area contributed by atoms with Gasteiger partial charge in [0.1, 0.15) is 0 Å². The van der Waals surface area contributed by atoms with E-state index in [-0.39, 0.29) is 41.4 Å². The largest absolute Gasteiger partial charge is 0.393 e. The van der Waals surface area contributed by atoms with Crippen LogP contribution < -0.4 is 5.32 Å². The molecule has 0 bridgehead atoms. The van der Waals surface area contributed by atoms with Crippen molar-refractivity contribution in [1.29, 1.82) is 0 Å². The van der Waals surface area contributed by atoms with Gasteiger partial charge in [-0.25, -0.2) is 0 Å². The van der Waals surface area contributed by atoms with E-state index in [9.17, 15) is 23.4 Å². The first-order valence-electron chi connectivity index (χ1n) is 14.4. The molecule has 4 rings (SSSR count). The zero-order valence-corrected chi connectivity index (χ0v) is 23.5. The van der Waals surface area contributed by atoms with E-state index in [2.05, 4.69) is 33.0 Å². The van der Waals surface area contributed by atoms with Gasteiger partial charge >= 0.3 is 0 Å². The zero-order valence-electron chi connectivity index (χ0n) is 22.7. The van der Waals surface area contributed by atoms with Gasteiger partial charge < -0.3 is 15.5 Å². The zero-order chi connectivity index (χ0) is 26.5. The number of aliphatic hydroxyl groups excluding tert-OH is 2. The lowest BCUT2D eigenvalue weighted by Gasteiger charge is -2.64. The molecule has 4 N–H and O–H groups in total. The number of hydrogen-bond donors (Lipinski definition) is 4. The lowest BCUT2D eigenvalue weighted by Crippen LogP contribution is -2.62. The molecule has 0 aromatic rings. The third-order valence-electron chi connectivity index (χ3n) is 11.7. The maximum atomic E-state index is 12.3. The van der Waals surface area contributed by atoms with Crippen LogP contribution in [0.3, 0.4) is 0 Å². The van der Waals surface area contributed by atoms with Crippen molar-refractivity contribution in [2.24, 2.45) is 52.3 Å². The Kier molecular flexibility index (Phi) is 8.23. The summed E-state index contributed by atoms with van der Waals surface area (Å²) in [5.41, 5.74) is 0.369. The Morgan fingerprint density at radius 1 is 1.03 bits per heavy atom. The van der Waals surface area contributed by atoms with Gasteiger partial charge in [-0.05, 0) is 104 Å². The second kappa shape index (κ2) is 10.5. The molecule has 4 aliphatic rings. The minimum absolute atomic E-state index is 0.0639. The Morgan fingerprint density at radius 3 is 2.36 bits per heavy atom. The fourth-order valence-corrected chi connectivity index (χ4v) is 10.3. The van der Waals surface area contributed by atoms with Crippen LogP contribution in [0.25, 0.3) is 0 Å². The van der Waals surface area contributed by atoms with Gasteiger partial charge in [0.25, 0.3) is 10.1 Å². The second-order valence-corrected chi connectivity index (χ2v) is 14.8. The van der Waals surface area contributed by atoms with E-state index < -0.39 is 15.9 Å². The van der Waals surface area contributed by atoms with Crippen LogP contribution in [0.15, 0.2) is 0 Å². The van der Waals surface area contributed by atoms with Crippen LogP contribution >= 0.6 is 0 Å². The lowest BCUT2D eigenvalue weighted by atomic mass is 9.41. The number of aliphatic hydroxyl groups is 2. The first kappa shape index (κ1) is 28.3. The highest BCUT2D eigenvalue weighted by molar-refractivity contribution is 7.85. The lowest BCUT2D eigenvalue weighted by molar-refractivity contribution is -0.203. The summed E-state index contributed by atoms with van der Waals surface area (Å²) >= 11 is 0. The monoisotopic (exact) mass is 527 g/mol. The molecule has 0 aliphatic heterocycles. The third-order valence-corrected chi connectivity index (χ3v) is 12.4. The molecule has 7 nitrogen and oxygen atoms in total. The van der Waals surface area contributed by atoms with Crippen molar-refractivity contribution in [3.8, 4) is 0 Å². The van der Waals surface area contributed by atoms with Crippen LogP contribution in [0.2, 0.25) is 0 Å². The Balaban J connectivity index is 1.44. The van der Waals surface area contributed by atoms with Crippen molar-refractivity contribution in [3.63, 3.8) is 0 Å². The van der Waals surface area contributed by atoms with Crippen molar-refractivity contribution in [2.45, 2.75) is 104 Å². The van der Waals surface area contributed by atoms with E-state index in [1.807, 2.05) is 0 Å². The topological polar surface area (TPSA) is 124 Å². The molecule has 0 aromatic heterocycles. The molecule has 36 heavy (non-hydrogen) atoms. The van der Waals surface area contributed by atoms with E-state index in [1.54, 1.807) is 0 Å². The van der Waals surface area contributed by atoms with Gasteiger partial charge in [-0.15, -0.1) is 0 Å². The van der Waals surface area contributed by atoms with Crippen molar-refractivity contribution < 1.29 is 28.0 Å². The third kappa shape index (κ3) is 5.13. The molecule has 1 amide bonds. The van der Waals surface area contributed by atoms with E-state index in [0.29, 0.717) is 41.9 Å². The van der Waals surface area contributed by atoms with Gasteiger partial charge in [0, 0.05) is 13.0 Å². The standard InChI is InChI=1S/C28H49NO6S/c1-5-19-23-16-18(30)10-12-28(23,4)22-11-13-27(3)20(7-8-21(27)25(22)26(19)32)17(2)6-9-24(31)29-14-15-36(33,34)35/h17-23,25-26,30,32H,5-16H2,1-4H3,(H,29,31)(H,33,34,35)/t17-,18-,19-,20-,21?,22?,23?,25?,26+,27?,28-/m1/s1. The first-order chi connectivity index (χ1) is 16.8. The number of fused-ring (bicyclic) bond motifs is 5. The van der Waals surface area contributed by atoms with E-state index in [1.165, 1.54) is 6.42 Å². The number of nitrogens with one attached hydrogen (secondary N) is 1. The molecule has 5 unspecified atom stereocenters. The van der Waals surface area contributed by atoms with Crippen LogP contribution in [-0.4, -0.2) is 53.6 Å². The number of hydrogen-bond acceptors (Lipinski definition) is 5. The molecular weight excluding hydrogens is 478 g/mol. The molecule has 0 radical (unpaired) electrons. The fraction of sp³-hybridized carbons (Fsp3) is 0.964. The van der Waals surface area contributed by atoms with E-state index >= 15 is 0 Å². The van der Waals surface area contributed by atoms with Crippen LogP contribution in [0.1, 0.15) is 91.9 Å². The van der Waals surface area contributed by atoms with Crippen LogP contribution in [0, 0.1) is 52.3 Å². The summed E-state index contributed by atoms with van der Waals surface area (Å²) in [5, 5.41) is 24.9. The van der Waals surface area contributed by atoms with Crippen LogP contribution in [0.5, 0.6) is 0 Å². The molecule has 4 fully saturated rings. The highest BCUT2D eigenvalue weighted by Crippen LogP contribution is 2.69. The maximum Gasteiger partial charge on any atom is 0.266 e. The molecule has 11 atom stereocenters. The van der Waals surface area contributed by atoms with Gasteiger partial charge in [0.15, 0.2) is 0 Å². The summed E-state index contributed by atoms with van der Waals surface area (Å²) < 4.78 is 30.6. The summed E-state index contributed by atoms with van der Waals surface area (Å²) in [5.74, 6) is 2.28. The molecular formula is C28H49NO6S. The number of carbonyl (C=O) groups is 1. The van der Waals surface area contributed by atoms with E-state index in [0.717, 1.165) is 51.4 Å². The predicted octanol–water partition coefficient (Wildman–Crippen LogP) is 4.03. The number of amides is 1. The molecule has 208 valence electrons. The maximum absolute atomic E-state index is 12.3. The SMILES string of the molecule is CC[C@@H]1C2C[C@H](O)CC[C@]2(C)C2CCC3(C)C(CC[C@@H]3[C@H](C)CCC(=O)NCCS(=O)(=O)O)C2[C@H]1O. The summed E-state index contributed by atoms with van der Waals surface area (Å²) in [4.78, 5) is 12.3. The van der Waals surface area contributed by atoms with Gasteiger partial charge in [-0.1, -0.05) is 34.1 Å². The molecule has 8 heteroatoms. The Bertz CT molecular complexity index is 910. The van der Waals surface area contributed by atoms with Crippen molar-refractivity contribution >= 4 is 16.0 Å². The molecule has 4 aliphatic carbocycles. The first-order valence-corrected chi connectivity index (χ1v) is 16.0. The fourth-order valence-electron chi connectivity index (χ4n) is 9.90. The van der Waals surface area contributed by atoms with Crippen molar-refractivity contribution in [1.82, 2.24) is 5.32 Å². The Labute approximate surface area is 217 Å². The summed E-state index contributed by atoms with van der Waals surface area (Å²) in [7, 11) is -4.07. The predicted molar refractivity (Wildman–Crippen MR) is 140 cm³/mol. The molecule has 0 heterocycles. The normalized spacial score (nSPS) is 45.3. The van der Waals surface area contributed by atoms with E-state index in [4.69, 9.17) is 4.55 Å². The minimum atomic E-state index is -4.07. The summed E-state index contributed by atoms with van der Waals surface area (Å²) in [6.07, 6.45) is 8.95. The average Bonchev–Trinajstić information content (AvgIpc) is 3.15. The second-order valence-electron chi connectivity index (χ2n) is 13.3. The highest BCUT2D eigenvalue weighted by Gasteiger charge is 2.64. The molecule has 0 aromatic carbocycles. The van der Waals surface area contributed by atoms with Crippen molar-refractivity contribution in [2.75, 3.05) is 12.3 Å². The average molecular weight is 528 g/mol. The Hall–Kier alpha value is -0.700. The summed E-state index contributed by atoms with van der Waals surface area (Å²) in [6.45, 7) is 9.31. The quantitative estimate of drug-likeness (QED) is 0.353. The van der Waals surface area contributed by atoms with Gasteiger partial charge in [0.2, 0.25) is 5.91 Å². The highest BCUT2D eigenvalue weighted by atomic mass is 32.2. The Morgan fingerprint density at radius 2 is 1.69 bits per heavy atom. The molecule has 0 spiro atoms.